The lowest BCUT2D eigenvalue weighted by atomic mass is 9.99. The molecular weight excluding hydrogens is 246 g/mol. The van der Waals surface area contributed by atoms with Crippen LogP contribution in [0.5, 0.6) is 0 Å². The lowest BCUT2D eigenvalue weighted by molar-refractivity contribution is 0.0847. The topological polar surface area (TPSA) is 88.2 Å². The molecule has 0 aromatic carbocycles. The molecule has 6 heteroatoms. The first-order chi connectivity index (χ1) is 8.99. The zero-order valence-corrected chi connectivity index (χ0v) is 11.2. The van der Waals surface area contributed by atoms with Gasteiger partial charge in [0, 0.05) is 6.20 Å². The second kappa shape index (κ2) is 4.97. The maximum absolute atomic E-state index is 12.1. The van der Waals surface area contributed by atoms with E-state index in [1.807, 2.05) is 6.92 Å². The van der Waals surface area contributed by atoms with Gasteiger partial charge in [0.05, 0.1) is 28.8 Å². The summed E-state index contributed by atoms with van der Waals surface area (Å²) in [5.41, 5.74) is 0.898. The van der Waals surface area contributed by atoms with Gasteiger partial charge in [0.15, 0.2) is 0 Å². The fraction of sp³-hybridized carbons (Fsp3) is 0.462. The summed E-state index contributed by atoms with van der Waals surface area (Å²) in [6, 6.07) is 1.69. The Morgan fingerprint density at radius 3 is 2.95 bits per heavy atom. The van der Waals surface area contributed by atoms with Crippen molar-refractivity contribution in [1.29, 1.82) is 0 Å². The molecule has 0 fully saturated rings. The maximum atomic E-state index is 12.1. The van der Waals surface area contributed by atoms with E-state index in [1.165, 1.54) is 6.20 Å². The van der Waals surface area contributed by atoms with Crippen molar-refractivity contribution in [3.63, 3.8) is 0 Å². The number of pyridine rings is 1. The molecule has 2 N–H and O–H groups in total. The third-order valence-electron chi connectivity index (χ3n) is 3.32. The second-order valence-electron chi connectivity index (χ2n) is 4.87. The van der Waals surface area contributed by atoms with Crippen molar-refractivity contribution in [3.05, 3.63) is 23.5 Å². The Bertz CT molecular complexity index is 602. The predicted octanol–water partition coefficient (Wildman–Crippen LogP) is 1.42. The molecule has 0 saturated heterocycles. The Kier molecular flexibility index (Phi) is 3.53. The molecule has 0 spiro atoms. The van der Waals surface area contributed by atoms with E-state index in [4.69, 9.17) is 4.52 Å². The molecule has 0 aliphatic carbocycles. The summed E-state index contributed by atoms with van der Waals surface area (Å²) in [6.45, 7) is 5.37. The van der Waals surface area contributed by atoms with Crippen molar-refractivity contribution in [2.24, 2.45) is 0 Å². The van der Waals surface area contributed by atoms with Crippen LogP contribution >= 0.6 is 0 Å². The Morgan fingerprint density at radius 1 is 1.58 bits per heavy atom. The third kappa shape index (κ3) is 2.58. The Hall–Kier alpha value is -1.95. The quantitative estimate of drug-likeness (QED) is 0.871. The minimum absolute atomic E-state index is 0.114. The Balaban J connectivity index is 2.28. The van der Waals surface area contributed by atoms with Crippen LogP contribution in [0.15, 0.2) is 16.8 Å². The molecule has 1 amide bonds. The summed E-state index contributed by atoms with van der Waals surface area (Å²) in [5, 5.41) is 16.6. The van der Waals surface area contributed by atoms with Crippen molar-refractivity contribution in [3.8, 4) is 0 Å². The zero-order chi connectivity index (χ0) is 14.0. The predicted molar refractivity (Wildman–Crippen MR) is 69.8 cm³/mol. The Labute approximate surface area is 110 Å². The number of fused-ring (bicyclic) bond motifs is 1. The third-order valence-corrected chi connectivity index (χ3v) is 3.32. The van der Waals surface area contributed by atoms with Crippen LogP contribution in [0.3, 0.4) is 0 Å². The lowest BCUT2D eigenvalue weighted by Gasteiger charge is -2.27. The first-order valence-corrected chi connectivity index (χ1v) is 6.14. The number of hydrogen-bond acceptors (Lipinski definition) is 5. The van der Waals surface area contributed by atoms with Crippen molar-refractivity contribution in [2.45, 2.75) is 32.7 Å². The molecule has 1 atom stereocenters. The number of rotatable bonds is 4. The summed E-state index contributed by atoms with van der Waals surface area (Å²) in [5.74, 6) is -0.270. The SMILES string of the molecule is CCC(C)(CO)NC(=O)c1cnc2onc(C)c2c1. The number of carbonyl (C=O) groups excluding carboxylic acids is 1. The van der Waals surface area contributed by atoms with E-state index in [0.717, 1.165) is 5.39 Å². The van der Waals surface area contributed by atoms with E-state index in [-0.39, 0.29) is 12.5 Å². The van der Waals surface area contributed by atoms with Crippen LogP contribution < -0.4 is 5.32 Å². The second-order valence-corrected chi connectivity index (χ2v) is 4.87. The molecule has 2 aromatic rings. The van der Waals surface area contributed by atoms with Gasteiger partial charge in [0.25, 0.3) is 11.6 Å². The fourth-order valence-corrected chi connectivity index (χ4v) is 1.66. The first kappa shape index (κ1) is 13.5. The molecule has 1 unspecified atom stereocenters. The van der Waals surface area contributed by atoms with Gasteiger partial charge in [-0.3, -0.25) is 4.79 Å². The number of amides is 1. The normalized spacial score (nSPS) is 14.3. The molecule has 6 nitrogen and oxygen atoms in total. The van der Waals surface area contributed by atoms with Gasteiger partial charge in [0.1, 0.15) is 0 Å². The van der Waals surface area contributed by atoms with Crippen LogP contribution in [0.4, 0.5) is 0 Å². The van der Waals surface area contributed by atoms with Crippen LogP contribution in [0.2, 0.25) is 0 Å². The van der Waals surface area contributed by atoms with Gasteiger partial charge < -0.3 is 14.9 Å². The van der Waals surface area contributed by atoms with Crippen LogP contribution in [0.1, 0.15) is 36.3 Å². The number of nitrogens with one attached hydrogen (secondary N) is 1. The van der Waals surface area contributed by atoms with E-state index in [2.05, 4.69) is 15.5 Å². The number of hydrogen-bond donors (Lipinski definition) is 2. The van der Waals surface area contributed by atoms with E-state index < -0.39 is 5.54 Å². The highest BCUT2D eigenvalue weighted by atomic mass is 16.5. The van der Waals surface area contributed by atoms with E-state index in [9.17, 15) is 9.90 Å². The first-order valence-electron chi connectivity index (χ1n) is 6.14. The minimum Gasteiger partial charge on any atom is -0.394 e. The summed E-state index contributed by atoms with van der Waals surface area (Å²) in [6.07, 6.45) is 2.08. The molecule has 0 radical (unpaired) electrons. The average molecular weight is 263 g/mol. The average Bonchev–Trinajstić information content (AvgIpc) is 2.79. The molecule has 2 aromatic heterocycles. The maximum Gasteiger partial charge on any atom is 0.257 e. The highest BCUT2D eigenvalue weighted by Gasteiger charge is 2.24. The van der Waals surface area contributed by atoms with Gasteiger partial charge in [-0.25, -0.2) is 4.98 Å². The fourth-order valence-electron chi connectivity index (χ4n) is 1.66. The van der Waals surface area contributed by atoms with Crippen LogP contribution in [0, 0.1) is 6.92 Å². The number of nitrogens with zero attached hydrogens (tertiary/aromatic N) is 2. The molecule has 102 valence electrons. The Morgan fingerprint density at radius 2 is 2.32 bits per heavy atom. The van der Waals surface area contributed by atoms with E-state index in [0.29, 0.717) is 23.4 Å². The van der Waals surface area contributed by atoms with E-state index in [1.54, 1.807) is 19.9 Å². The van der Waals surface area contributed by atoms with Crippen molar-refractivity contribution >= 4 is 17.0 Å². The number of carbonyl (C=O) groups is 1. The largest absolute Gasteiger partial charge is 0.394 e. The molecule has 0 aliphatic heterocycles. The molecular formula is C13H17N3O3. The van der Waals surface area contributed by atoms with Crippen LogP contribution in [0.25, 0.3) is 11.1 Å². The molecule has 0 aliphatic rings. The van der Waals surface area contributed by atoms with Crippen LogP contribution in [-0.2, 0) is 0 Å². The summed E-state index contributed by atoms with van der Waals surface area (Å²) >= 11 is 0. The summed E-state index contributed by atoms with van der Waals surface area (Å²) in [4.78, 5) is 16.2. The van der Waals surface area contributed by atoms with Gasteiger partial charge in [0.2, 0.25) is 0 Å². The van der Waals surface area contributed by atoms with Crippen molar-refractivity contribution in [1.82, 2.24) is 15.5 Å². The highest BCUT2D eigenvalue weighted by molar-refractivity contribution is 5.97. The van der Waals surface area contributed by atoms with Crippen LogP contribution in [-0.4, -0.2) is 33.3 Å². The van der Waals surface area contributed by atoms with Crippen molar-refractivity contribution in [2.75, 3.05) is 6.61 Å². The summed E-state index contributed by atoms with van der Waals surface area (Å²) < 4.78 is 4.99. The monoisotopic (exact) mass is 263 g/mol. The summed E-state index contributed by atoms with van der Waals surface area (Å²) in [7, 11) is 0. The number of aromatic nitrogens is 2. The molecule has 19 heavy (non-hydrogen) atoms. The molecule has 2 rings (SSSR count). The lowest BCUT2D eigenvalue weighted by Crippen LogP contribution is -2.48. The standard InChI is InChI=1S/C13H17N3O3/c1-4-13(3,7-17)15-11(18)9-5-10-8(2)16-19-12(10)14-6-9/h5-6,17H,4,7H2,1-3H3,(H,15,18). The molecule has 0 bridgehead atoms. The van der Waals surface area contributed by atoms with Gasteiger partial charge >= 0.3 is 0 Å². The van der Waals surface area contributed by atoms with Gasteiger partial charge in [-0.05, 0) is 26.3 Å². The smallest absolute Gasteiger partial charge is 0.257 e. The molecule has 2 heterocycles. The van der Waals surface area contributed by atoms with Gasteiger partial charge in [-0.2, -0.15) is 0 Å². The minimum atomic E-state index is -0.629. The zero-order valence-electron chi connectivity index (χ0n) is 11.2. The van der Waals surface area contributed by atoms with Gasteiger partial charge in [-0.15, -0.1) is 0 Å². The van der Waals surface area contributed by atoms with E-state index >= 15 is 0 Å². The number of aliphatic hydroxyl groups excluding tert-OH is 1. The number of aryl methyl sites for hydroxylation is 1. The van der Waals surface area contributed by atoms with Gasteiger partial charge in [-0.1, -0.05) is 12.1 Å². The van der Waals surface area contributed by atoms with Crippen molar-refractivity contribution < 1.29 is 14.4 Å². The molecule has 0 saturated carbocycles. The highest BCUT2D eigenvalue weighted by Crippen LogP contribution is 2.17. The number of aliphatic hydroxyl groups is 1.